The van der Waals surface area contributed by atoms with Crippen LogP contribution in [-0.2, 0) is 0 Å². The van der Waals surface area contributed by atoms with Crippen molar-refractivity contribution >= 4 is 5.69 Å². The van der Waals surface area contributed by atoms with Crippen LogP contribution in [0.15, 0.2) is 24.3 Å². The van der Waals surface area contributed by atoms with E-state index in [2.05, 4.69) is 18.3 Å². The predicted molar refractivity (Wildman–Crippen MR) is 39.4 cm³/mol. The lowest BCUT2D eigenvalue weighted by Crippen LogP contribution is -1.94. The zero-order valence-electron chi connectivity index (χ0n) is 5.52. The first-order valence-corrected chi connectivity index (χ1v) is 3.13. The van der Waals surface area contributed by atoms with Crippen LogP contribution < -0.4 is 5.32 Å². The molecule has 0 fully saturated rings. The fourth-order valence-corrected chi connectivity index (χ4v) is 0.707. The van der Waals surface area contributed by atoms with Crippen LogP contribution in [0.2, 0.25) is 0 Å². The van der Waals surface area contributed by atoms with Gasteiger partial charge in [-0.05, 0) is 25.1 Å². The summed E-state index contributed by atoms with van der Waals surface area (Å²) in [6.07, 6.45) is 0. The highest BCUT2D eigenvalue weighted by atomic mass is 14.8. The summed E-state index contributed by atoms with van der Waals surface area (Å²) in [5.74, 6) is 0. The quantitative estimate of drug-likeness (QED) is 0.628. The lowest BCUT2D eigenvalue weighted by molar-refractivity contribution is 1.21. The van der Waals surface area contributed by atoms with E-state index >= 15 is 0 Å². The second kappa shape index (κ2) is 3.13. The van der Waals surface area contributed by atoms with E-state index in [0.717, 1.165) is 12.2 Å². The Morgan fingerprint density at radius 1 is 1.67 bits per heavy atom. The van der Waals surface area contributed by atoms with E-state index in [9.17, 15) is 0 Å². The smallest absolute Gasteiger partial charge is 0.0346 e. The van der Waals surface area contributed by atoms with Crippen LogP contribution in [0.1, 0.15) is 6.92 Å². The first-order valence-electron chi connectivity index (χ1n) is 3.13. The molecule has 0 aliphatic rings. The number of rotatable bonds is 2. The minimum atomic E-state index is 0.970. The van der Waals surface area contributed by atoms with Crippen LogP contribution in [0.25, 0.3) is 0 Å². The molecule has 1 aromatic carbocycles. The zero-order chi connectivity index (χ0) is 6.53. The normalized spacial score (nSPS) is 9.00. The highest BCUT2D eigenvalue weighted by Crippen LogP contribution is 2.02. The second-order valence-electron chi connectivity index (χ2n) is 1.82. The van der Waals surface area contributed by atoms with Crippen LogP contribution >= 0.6 is 0 Å². The summed E-state index contributed by atoms with van der Waals surface area (Å²) >= 11 is 0. The van der Waals surface area contributed by atoms with Gasteiger partial charge in [0, 0.05) is 12.2 Å². The number of benzene rings is 1. The Kier molecular flexibility index (Phi) is 2.13. The van der Waals surface area contributed by atoms with E-state index < -0.39 is 0 Å². The summed E-state index contributed by atoms with van der Waals surface area (Å²) in [7, 11) is 0. The van der Waals surface area contributed by atoms with Crippen molar-refractivity contribution in [2.24, 2.45) is 0 Å². The van der Waals surface area contributed by atoms with Gasteiger partial charge >= 0.3 is 0 Å². The number of hydrogen-bond donors (Lipinski definition) is 1. The van der Waals surface area contributed by atoms with Crippen molar-refractivity contribution in [1.82, 2.24) is 0 Å². The van der Waals surface area contributed by atoms with E-state index in [1.54, 1.807) is 0 Å². The third kappa shape index (κ3) is 1.76. The van der Waals surface area contributed by atoms with Gasteiger partial charge in [-0.3, -0.25) is 0 Å². The molecule has 0 atom stereocenters. The zero-order valence-corrected chi connectivity index (χ0v) is 5.52. The summed E-state index contributed by atoms with van der Waals surface area (Å²) in [5.41, 5.74) is 1.14. The Morgan fingerprint density at radius 2 is 2.56 bits per heavy atom. The monoisotopic (exact) mass is 120 g/mol. The van der Waals surface area contributed by atoms with Gasteiger partial charge < -0.3 is 5.32 Å². The molecule has 0 saturated heterocycles. The molecule has 1 nitrogen and oxygen atoms in total. The van der Waals surface area contributed by atoms with Crippen molar-refractivity contribution in [2.75, 3.05) is 11.9 Å². The molecule has 0 amide bonds. The van der Waals surface area contributed by atoms with Crippen LogP contribution in [0.3, 0.4) is 0 Å². The molecule has 0 saturated carbocycles. The molecule has 1 radical (unpaired) electrons. The SMILES string of the molecule is CCNc1c[c]ccc1. The predicted octanol–water partition coefficient (Wildman–Crippen LogP) is 1.92. The lowest BCUT2D eigenvalue weighted by Gasteiger charge is -1.98. The van der Waals surface area contributed by atoms with Gasteiger partial charge in [0.1, 0.15) is 0 Å². The van der Waals surface area contributed by atoms with Crippen LogP contribution in [-0.4, -0.2) is 6.54 Å². The molecule has 0 aliphatic carbocycles. The maximum Gasteiger partial charge on any atom is 0.0346 e. The van der Waals surface area contributed by atoms with Crippen LogP contribution in [0.5, 0.6) is 0 Å². The van der Waals surface area contributed by atoms with E-state index in [-0.39, 0.29) is 0 Å². The van der Waals surface area contributed by atoms with E-state index in [1.165, 1.54) is 0 Å². The average Bonchev–Trinajstić information content (AvgIpc) is 1.91. The molecule has 0 aromatic heterocycles. The van der Waals surface area contributed by atoms with E-state index in [0.29, 0.717) is 0 Å². The Labute approximate surface area is 55.7 Å². The van der Waals surface area contributed by atoms with Gasteiger partial charge in [0.05, 0.1) is 0 Å². The number of hydrogen-bond acceptors (Lipinski definition) is 1. The van der Waals surface area contributed by atoms with Crippen molar-refractivity contribution in [3.8, 4) is 0 Å². The van der Waals surface area contributed by atoms with Gasteiger partial charge in [0.2, 0.25) is 0 Å². The first-order chi connectivity index (χ1) is 4.43. The van der Waals surface area contributed by atoms with Crippen LogP contribution in [0.4, 0.5) is 5.69 Å². The van der Waals surface area contributed by atoms with Crippen LogP contribution in [0, 0.1) is 6.07 Å². The summed E-state index contributed by atoms with van der Waals surface area (Å²) in [5, 5.41) is 3.18. The third-order valence-corrected chi connectivity index (χ3v) is 1.09. The molecule has 0 heterocycles. The molecular formula is C8H10N. The van der Waals surface area contributed by atoms with Gasteiger partial charge in [-0.25, -0.2) is 0 Å². The molecule has 47 valence electrons. The number of anilines is 1. The van der Waals surface area contributed by atoms with Gasteiger partial charge in [-0.15, -0.1) is 0 Å². The molecule has 1 aromatic rings. The summed E-state index contributed by atoms with van der Waals surface area (Å²) in [4.78, 5) is 0. The maximum atomic E-state index is 3.18. The second-order valence-corrected chi connectivity index (χ2v) is 1.82. The standard InChI is InChI=1S/C8H10N/c1-2-9-8-6-4-3-5-7-8/h3-4,6-7,9H,2H2,1H3. The molecule has 1 N–H and O–H groups in total. The van der Waals surface area contributed by atoms with Crippen molar-refractivity contribution < 1.29 is 0 Å². The average molecular weight is 120 g/mol. The van der Waals surface area contributed by atoms with Gasteiger partial charge in [0.25, 0.3) is 0 Å². The molecule has 9 heavy (non-hydrogen) atoms. The highest BCUT2D eigenvalue weighted by molar-refractivity contribution is 5.41. The topological polar surface area (TPSA) is 12.0 Å². The maximum absolute atomic E-state index is 3.18. The summed E-state index contributed by atoms with van der Waals surface area (Å²) in [6.45, 7) is 3.05. The van der Waals surface area contributed by atoms with Gasteiger partial charge in [-0.2, -0.15) is 0 Å². The minimum Gasteiger partial charge on any atom is -0.385 e. The van der Waals surface area contributed by atoms with Gasteiger partial charge in [0.15, 0.2) is 0 Å². The third-order valence-electron chi connectivity index (χ3n) is 1.09. The fraction of sp³-hybridized carbons (Fsp3) is 0.250. The van der Waals surface area contributed by atoms with Crippen molar-refractivity contribution in [2.45, 2.75) is 6.92 Å². The Bertz CT molecular complexity index is 157. The van der Waals surface area contributed by atoms with E-state index in [1.807, 2.05) is 24.3 Å². The Morgan fingerprint density at radius 3 is 3.11 bits per heavy atom. The first kappa shape index (κ1) is 6.14. The molecular weight excluding hydrogens is 110 g/mol. The summed E-state index contributed by atoms with van der Waals surface area (Å²) in [6, 6.07) is 10.8. The molecule has 1 rings (SSSR count). The van der Waals surface area contributed by atoms with Crippen molar-refractivity contribution in [1.29, 1.82) is 0 Å². The van der Waals surface area contributed by atoms with Gasteiger partial charge in [-0.1, -0.05) is 12.1 Å². The molecule has 0 aliphatic heterocycles. The Balaban J connectivity index is 2.61. The molecule has 1 heteroatoms. The highest BCUT2D eigenvalue weighted by Gasteiger charge is 1.81. The van der Waals surface area contributed by atoms with Crippen molar-refractivity contribution in [3.63, 3.8) is 0 Å². The molecule has 0 spiro atoms. The van der Waals surface area contributed by atoms with Crippen molar-refractivity contribution in [3.05, 3.63) is 30.3 Å². The van der Waals surface area contributed by atoms with E-state index in [4.69, 9.17) is 0 Å². The molecule has 0 unspecified atom stereocenters. The minimum absolute atomic E-state index is 0.970. The molecule has 0 bridgehead atoms. The fourth-order valence-electron chi connectivity index (χ4n) is 0.707. The Hall–Kier alpha value is -0.980. The number of nitrogens with one attached hydrogen (secondary N) is 1. The lowest BCUT2D eigenvalue weighted by atomic mass is 10.3. The summed E-state index contributed by atoms with van der Waals surface area (Å²) < 4.78 is 0. The largest absolute Gasteiger partial charge is 0.385 e.